The Morgan fingerprint density at radius 1 is 0.750 bits per heavy atom. The molecule has 44 heavy (non-hydrogen) atoms. The Labute approximate surface area is 250 Å². The third kappa shape index (κ3) is 6.37. The molecular formula is C31H25N3O10. The third-order valence-corrected chi connectivity index (χ3v) is 6.64. The van der Waals surface area contributed by atoms with Gasteiger partial charge in [-0.3, -0.25) is 4.79 Å². The van der Waals surface area contributed by atoms with Gasteiger partial charge in [0.2, 0.25) is 5.69 Å². The molecule has 1 aliphatic heterocycles. The van der Waals surface area contributed by atoms with E-state index in [1.807, 2.05) is 0 Å². The van der Waals surface area contributed by atoms with E-state index >= 15 is 0 Å². The van der Waals surface area contributed by atoms with Crippen LogP contribution >= 0.6 is 0 Å². The van der Waals surface area contributed by atoms with E-state index in [-0.39, 0.29) is 22.4 Å². The molecule has 4 unspecified atom stereocenters. The smallest absolute Gasteiger partial charge is 0.361 e. The minimum atomic E-state index is -1.46. The van der Waals surface area contributed by atoms with Crippen LogP contribution in [0.4, 0.5) is 0 Å². The van der Waals surface area contributed by atoms with Crippen molar-refractivity contribution in [1.82, 2.24) is 15.0 Å². The first-order valence-electron chi connectivity index (χ1n) is 13.3. The second-order valence-electron chi connectivity index (χ2n) is 9.38. The molecule has 5 rings (SSSR count). The number of carbonyl (C=O) groups excluding carboxylic acids is 5. The van der Waals surface area contributed by atoms with E-state index in [1.54, 1.807) is 66.7 Å². The molecule has 1 aromatic heterocycles. The van der Waals surface area contributed by atoms with Crippen molar-refractivity contribution >= 4 is 30.2 Å². The summed E-state index contributed by atoms with van der Waals surface area (Å²) in [6, 6.07) is 24.2. The van der Waals surface area contributed by atoms with Gasteiger partial charge in [-0.1, -0.05) is 59.8 Å². The molecule has 13 nitrogen and oxygen atoms in total. The molecule has 13 heteroatoms. The molecule has 0 bridgehead atoms. The van der Waals surface area contributed by atoms with Gasteiger partial charge in [0.25, 0.3) is 0 Å². The van der Waals surface area contributed by atoms with Crippen LogP contribution in [0.5, 0.6) is 0 Å². The van der Waals surface area contributed by atoms with E-state index in [4.69, 9.17) is 18.9 Å². The average Bonchev–Trinajstić information content (AvgIpc) is 3.65. The summed E-state index contributed by atoms with van der Waals surface area (Å²) in [5, 5.41) is 7.63. The Morgan fingerprint density at radius 3 is 1.75 bits per heavy atom. The number of aldehydes is 1. The SMILES string of the molecule is COC(=O)c1nnn(C2OC(COC(=O)c3ccccc3)C(OC(=O)c3ccccc3)C2OC(=O)c2ccccc2)c1C=O. The number of rotatable bonds is 10. The van der Waals surface area contributed by atoms with Gasteiger partial charge in [-0.25, -0.2) is 23.9 Å². The fourth-order valence-electron chi connectivity index (χ4n) is 4.49. The summed E-state index contributed by atoms with van der Waals surface area (Å²) < 4.78 is 28.9. The first-order valence-corrected chi connectivity index (χ1v) is 13.3. The molecule has 0 N–H and O–H groups in total. The Hall–Kier alpha value is -5.69. The van der Waals surface area contributed by atoms with Crippen LogP contribution in [0.25, 0.3) is 0 Å². The number of nitrogens with zero attached hydrogens (tertiary/aromatic N) is 3. The van der Waals surface area contributed by atoms with E-state index in [2.05, 4.69) is 15.0 Å². The fourth-order valence-corrected chi connectivity index (χ4v) is 4.49. The standard InChI is InChI=1S/C31H25N3O10/c1-40-31(39)24-22(17-35)34(33-32-24)27-26(44-30(38)21-15-9-4-10-16-21)25(43-29(37)20-13-7-3-8-14-20)23(42-27)18-41-28(36)19-11-5-2-6-12-19/h2-17,23,25-27H,18H2,1H3. The molecule has 0 aliphatic carbocycles. The lowest BCUT2D eigenvalue weighted by Crippen LogP contribution is -2.41. The highest BCUT2D eigenvalue weighted by Crippen LogP contribution is 2.36. The average molecular weight is 600 g/mol. The summed E-state index contributed by atoms with van der Waals surface area (Å²) in [6.07, 6.45) is -5.21. The minimum absolute atomic E-state index is 0.169. The zero-order chi connectivity index (χ0) is 31.1. The Morgan fingerprint density at radius 2 is 1.25 bits per heavy atom. The van der Waals surface area contributed by atoms with E-state index in [1.165, 1.54) is 24.3 Å². The number of aromatic nitrogens is 3. The van der Waals surface area contributed by atoms with Crippen molar-refractivity contribution in [3.05, 3.63) is 119 Å². The summed E-state index contributed by atoms with van der Waals surface area (Å²) in [5.74, 6) is -3.24. The molecule has 3 aromatic carbocycles. The zero-order valence-electron chi connectivity index (χ0n) is 23.2. The van der Waals surface area contributed by atoms with Gasteiger partial charge in [-0.2, -0.15) is 0 Å². The Bertz CT molecular complexity index is 1640. The monoisotopic (exact) mass is 599 g/mol. The van der Waals surface area contributed by atoms with Crippen molar-refractivity contribution in [1.29, 1.82) is 0 Å². The number of ether oxygens (including phenoxy) is 5. The maximum Gasteiger partial charge on any atom is 0.361 e. The molecule has 0 amide bonds. The van der Waals surface area contributed by atoms with Gasteiger partial charge in [0, 0.05) is 0 Å². The molecular weight excluding hydrogens is 574 g/mol. The molecule has 2 heterocycles. The summed E-state index contributed by atoms with van der Waals surface area (Å²) in [5.41, 5.74) is -0.155. The molecule has 0 radical (unpaired) electrons. The lowest BCUT2D eigenvalue weighted by atomic mass is 10.1. The summed E-state index contributed by atoms with van der Waals surface area (Å²) in [7, 11) is 1.10. The number of carbonyl (C=O) groups is 5. The second-order valence-corrected chi connectivity index (χ2v) is 9.38. The molecule has 4 aromatic rings. The van der Waals surface area contributed by atoms with Gasteiger partial charge in [-0.05, 0) is 36.4 Å². The number of benzene rings is 3. The van der Waals surface area contributed by atoms with Gasteiger partial charge in [0.05, 0.1) is 23.8 Å². The highest BCUT2D eigenvalue weighted by atomic mass is 16.7. The maximum atomic E-state index is 13.3. The van der Waals surface area contributed by atoms with Gasteiger partial charge in [0.15, 0.2) is 24.7 Å². The predicted molar refractivity (Wildman–Crippen MR) is 149 cm³/mol. The van der Waals surface area contributed by atoms with Crippen molar-refractivity contribution in [3.8, 4) is 0 Å². The molecule has 0 spiro atoms. The largest absolute Gasteiger partial charge is 0.464 e. The van der Waals surface area contributed by atoms with Crippen LogP contribution in [0.15, 0.2) is 91.0 Å². The van der Waals surface area contributed by atoms with Crippen molar-refractivity contribution in [3.63, 3.8) is 0 Å². The predicted octanol–water partition coefficient (Wildman–Crippen LogP) is 3.08. The first-order chi connectivity index (χ1) is 21.4. The maximum absolute atomic E-state index is 13.3. The fraction of sp³-hybridized carbons (Fsp3) is 0.194. The van der Waals surface area contributed by atoms with Crippen LogP contribution in [-0.2, 0) is 23.7 Å². The third-order valence-electron chi connectivity index (χ3n) is 6.64. The molecule has 1 aliphatic rings. The number of methoxy groups -OCH3 is 1. The lowest BCUT2D eigenvalue weighted by Gasteiger charge is -2.24. The van der Waals surface area contributed by atoms with E-state index in [9.17, 15) is 24.0 Å². The van der Waals surface area contributed by atoms with Gasteiger partial charge in [-0.15, -0.1) is 5.10 Å². The van der Waals surface area contributed by atoms with Crippen molar-refractivity contribution < 1.29 is 47.7 Å². The number of hydrogen-bond acceptors (Lipinski definition) is 12. The second kappa shape index (κ2) is 13.5. The quantitative estimate of drug-likeness (QED) is 0.149. The van der Waals surface area contributed by atoms with Crippen LogP contribution in [0.2, 0.25) is 0 Å². The van der Waals surface area contributed by atoms with Crippen LogP contribution < -0.4 is 0 Å². The van der Waals surface area contributed by atoms with Crippen LogP contribution in [0.3, 0.4) is 0 Å². The van der Waals surface area contributed by atoms with Gasteiger partial charge < -0.3 is 23.7 Å². The van der Waals surface area contributed by atoms with Crippen LogP contribution in [0.1, 0.15) is 58.3 Å². The molecule has 0 saturated carbocycles. The normalized spacial score (nSPS) is 19.0. The Kier molecular flexibility index (Phi) is 9.16. The van der Waals surface area contributed by atoms with Crippen molar-refractivity contribution in [2.45, 2.75) is 24.5 Å². The Balaban J connectivity index is 1.53. The summed E-state index contributed by atoms with van der Waals surface area (Å²) in [6.45, 7) is -0.453. The van der Waals surface area contributed by atoms with Crippen LogP contribution in [0, 0.1) is 0 Å². The van der Waals surface area contributed by atoms with E-state index < -0.39 is 60.7 Å². The van der Waals surface area contributed by atoms with Gasteiger partial charge in [0.1, 0.15) is 18.4 Å². The topological polar surface area (TPSA) is 162 Å². The van der Waals surface area contributed by atoms with Crippen molar-refractivity contribution in [2.24, 2.45) is 0 Å². The van der Waals surface area contributed by atoms with E-state index in [0.717, 1.165) is 11.8 Å². The minimum Gasteiger partial charge on any atom is -0.464 e. The highest BCUT2D eigenvalue weighted by Gasteiger charge is 2.52. The van der Waals surface area contributed by atoms with Crippen molar-refractivity contribution in [2.75, 3.05) is 13.7 Å². The van der Waals surface area contributed by atoms with E-state index in [0.29, 0.717) is 6.29 Å². The van der Waals surface area contributed by atoms with Gasteiger partial charge >= 0.3 is 23.9 Å². The first kappa shape index (κ1) is 29.8. The molecule has 224 valence electrons. The van der Waals surface area contributed by atoms with Crippen LogP contribution in [-0.4, -0.2) is 77.2 Å². The number of hydrogen-bond donors (Lipinski definition) is 0. The summed E-state index contributed by atoms with van der Waals surface area (Å²) >= 11 is 0. The molecule has 4 atom stereocenters. The zero-order valence-corrected chi connectivity index (χ0v) is 23.2. The number of esters is 4. The lowest BCUT2D eigenvalue weighted by molar-refractivity contribution is -0.0682. The molecule has 1 saturated heterocycles. The summed E-state index contributed by atoms with van der Waals surface area (Å²) in [4.78, 5) is 63.6. The molecule has 1 fully saturated rings. The highest BCUT2D eigenvalue weighted by molar-refractivity contribution is 5.95.